The van der Waals surface area contributed by atoms with Gasteiger partial charge in [0, 0.05) is 44.0 Å². The molecule has 23 heavy (non-hydrogen) atoms. The number of hydrogen-bond acceptors (Lipinski definition) is 4. The number of ether oxygens (including phenoxy) is 1. The van der Waals surface area contributed by atoms with Crippen molar-refractivity contribution in [3.05, 3.63) is 24.3 Å². The summed E-state index contributed by atoms with van der Waals surface area (Å²) in [6, 6.07) is 8.28. The standard InChI is InChI=1S/C18H27N3O2/c1-23-17-8-4-5-15(13-17)19-18(22)14-20-9-11-21(12-10-20)16-6-2-3-7-16/h4-5,8,13,16H,2-3,6-7,9-12,14H2,1H3,(H,19,22). The molecule has 2 fully saturated rings. The second-order valence-corrected chi connectivity index (χ2v) is 6.53. The van der Waals surface area contributed by atoms with Gasteiger partial charge in [-0.1, -0.05) is 18.9 Å². The van der Waals surface area contributed by atoms with E-state index in [1.807, 2.05) is 24.3 Å². The SMILES string of the molecule is COc1cccc(NC(=O)CN2CCN(C3CCCC3)CC2)c1. The van der Waals surface area contributed by atoms with E-state index in [9.17, 15) is 4.79 Å². The highest BCUT2D eigenvalue weighted by molar-refractivity contribution is 5.92. The van der Waals surface area contributed by atoms with Crippen LogP contribution in [0.5, 0.6) is 5.75 Å². The van der Waals surface area contributed by atoms with Crippen molar-refractivity contribution in [2.45, 2.75) is 31.7 Å². The van der Waals surface area contributed by atoms with Crippen molar-refractivity contribution in [1.29, 1.82) is 0 Å². The molecule has 5 nitrogen and oxygen atoms in total. The molecule has 0 aromatic heterocycles. The first-order valence-corrected chi connectivity index (χ1v) is 8.65. The van der Waals surface area contributed by atoms with Crippen LogP contribution in [-0.2, 0) is 4.79 Å². The quantitative estimate of drug-likeness (QED) is 0.904. The van der Waals surface area contributed by atoms with Gasteiger partial charge in [0.25, 0.3) is 0 Å². The minimum atomic E-state index is 0.0487. The van der Waals surface area contributed by atoms with Crippen LogP contribution in [0, 0.1) is 0 Å². The maximum absolute atomic E-state index is 12.2. The third-order valence-corrected chi connectivity index (χ3v) is 4.97. The molecule has 3 rings (SSSR count). The van der Waals surface area contributed by atoms with Crippen molar-refractivity contribution < 1.29 is 9.53 Å². The summed E-state index contributed by atoms with van der Waals surface area (Å²) in [6.07, 6.45) is 5.48. The van der Waals surface area contributed by atoms with Gasteiger partial charge in [-0.05, 0) is 25.0 Å². The number of rotatable bonds is 5. The minimum Gasteiger partial charge on any atom is -0.497 e. The normalized spacial score (nSPS) is 20.6. The van der Waals surface area contributed by atoms with E-state index in [1.54, 1.807) is 7.11 Å². The minimum absolute atomic E-state index is 0.0487. The number of anilines is 1. The summed E-state index contributed by atoms with van der Waals surface area (Å²) in [5.74, 6) is 0.806. The summed E-state index contributed by atoms with van der Waals surface area (Å²) in [4.78, 5) is 17.1. The summed E-state index contributed by atoms with van der Waals surface area (Å²) in [6.45, 7) is 4.63. The predicted octanol–water partition coefficient (Wildman–Crippen LogP) is 2.19. The third-order valence-electron chi connectivity index (χ3n) is 4.97. The summed E-state index contributed by atoms with van der Waals surface area (Å²) in [5.41, 5.74) is 0.791. The summed E-state index contributed by atoms with van der Waals surface area (Å²) in [5, 5.41) is 2.96. The number of amides is 1. The first-order valence-electron chi connectivity index (χ1n) is 8.65. The second-order valence-electron chi connectivity index (χ2n) is 6.53. The van der Waals surface area contributed by atoms with Crippen molar-refractivity contribution in [2.75, 3.05) is 45.2 Å². The van der Waals surface area contributed by atoms with Gasteiger partial charge in [-0.3, -0.25) is 14.6 Å². The van der Waals surface area contributed by atoms with Crippen molar-refractivity contribution in [2.24, 2.45) is 0 Å². The van der Waals surface area contributed by atoms with Gasteiger partial charge in [0.05, 0.1) is 13.7 Å². The third kappa shape index (κ3) is 4.45. The number of carbonyl (C=O) groups excluding carboxylic acids is 1. The van der Waals surface area contributed by atoms with Crippen LogP contribution in [-0.4, -0.2) is 61.6 Å². The molecule has 1 saturated heterocycles. The van der Waals surface area contributed by atoms with Gasteiger partial charge in [-0.2, -0.15) is 0 Å². The fourth-order valence-corrected chi connectivity index (χ4v) is 3.66. The molecule has 0 spiro atoms. The lowest BCUT2D eigenvalue weighted by molar-refractivity contribution is -0.117. The van der Waals surface area contributed by atoms with Crippen LogP contribution in [0.3, 0.4) is 0 Å². The van der Waals surface area contributed by atoms with Crippen LogP contribution in [0.15, 0.2) is 24.3 Å². The fourth-order valence-electron chi connectivity index (χ4n) is 3.66. The molecule has 1 saturated carbocycles. The maximum atomic E-state index is 12.2. The van der Waals surface area contributed by atoms with Gasteiger partial charge in [0.15, 0.2) is 0 Å². The van der Waals surface area contributed by atoms with Crippen LogP contribution in [0.2, 0.25) is 0 Å². The second kappa shape index (κ2) is 7.79. The van der Waals surface area contributed by atoms with E-state index in [0.717, 1.165) is 43.7 Å². The summed E-state index contributed by atoms with van der Waals surface area (Å²) >= 11 is 0. The molecule has 5 heteroatoms. The molecule has 1 aliphatic carbocycles. The zero-order valence-electron chi connectivity index (χ0n) is 14.0. The van der Waals surface area contributed by atoms with Gasteiger partial charge in [-0.25, -0.2) is 0 Å². The number of hydrogen-bond donors (Lipinski definition) is 1. The molecule has 1 heterocycles. The molecule has 0 atom stereocenters. The Balaban J connectivity index is 1.43. The highest BCUT2D eigenvalue weighted by Gasteiger charge is 2.26. The average Bonchev–Trinajstić information content (AvgIpc) is 3.10. The first-order chi connectivity index (χ1) is 11.2. The Morgan fingerprint density at radius 2 is 1.96 bits per heavy atom. The Morgan fingerprint density at radius 3 is 2.65 bits per heavy atom. The molecule has 0 unspecified atom stereocenters. The number of methoxy groups -OCH3 is 1. The molecule has 1 aromatic rings. The van der Waals surface area contributed by atoms with Crippen LogP contribution in [0.4, 0.5) is 5.69 Å². The van der Waals surface area contributed by atoms with Gasteiger partial charge in [0.1, 0.15) is 5.75 Å². The summed E-state index contributed by atoms with van der Waals surface area (Å²) in [7, 11) is 1.63. The van der Waals surface area contributed by atoms with Gasteiger partial charge < -0.3 is 10.1 Å². The monoisotopic (exact) mass is 317 g/mol. The Labute approximate surface area is 138 Å². The molecule has 126 valence electrons. The van der Waals surface area contributed by atoms with E-state index in [4.69, 9.17) is 4.74 Å². The Hall–Kier alpha value is -1.59. The van der Waals surface area contributed by atoms with E-state index in [1.165, 1.54) is 25.7 Å². The lowest BCUT2D eigenvalue weighted by Gasteiger charge is -2.37. The molecule has 1 aliphatic heterocycles. The Morgan fingerprint density at radius 1 is 1.22 bits per heavy atom. The van der Waals surface area contributed by atoms with Crippen LogP contribution in [0.25, 0.3) is 0 Å². The smallest absolute Gasteiger partial charge is 0.238 e. The number of piperazine rings is 1. The lowest BCUT2D eigenvalue weighted by atomic mass is 10.2. The summed E-state index contributed by atoms with van der Waals surface area (Å²) < 4.78 is 5.18. The van der Waals surface area contributed by atoms with E-state index in [2.05, 4.69) is 15.1 Å². The molecule has 1 amide bonds. The topological polar surface area (TPSA) is 44.8 Å². The number of carbonyl (C=O) groups is 1. The molecule has 1 aromatic carbocycles. The molecule has 2 aliphatic rings. The number of nitrogens with one attached hydrogen (secondary N) is 1. The van der Waals surface area contributed by atoms with Crippen molar-refractivity contribution >= 4 is 11.6 Å². The molecule has 1 N–H and O–H groups in total. The molecule has 0 radical (unpaired) electrons. The molecule has 0 bridgehead atoms. The Bertz CT molecular complexity index is 521. The predicted molar refractivity (Wildman–Crippen MR) is 91.9 cm³/mol. The molecular formula is C18H27N3O2. The van der Waals surface area contributed by atoms with Gasteiger partial charge in [0.2, 0.25) is 5.91 Å². The van der Waals surface area contributed by atoms with Gasteiger partial charge >= 0.3 is 0 Å². The highest BCUT2D eigenvalue weighted by Crippen LogP contribution is 2.24. The number of nitrogens with zero attached hydrogens (tertiary/aromatic N) is 2. The largest absolute Gasteiger partial charge is 0.497 e. The van der Waals surface area contributed by atoms with Crippen molar-refractivity contribution in [1.82, 2.24) is 9.80 Å². The van der Waals surface area contributed by atoms with Crippen LogP contribution in [0.1, 0.15) is 25.7 Å². The average molecular weight is 317 g/mol. The van der Waals surface area contributed by atoms with Gasteiger partial charge in [-0.15, -0.1) is 0 Å². The van der Waals surface area contributed by atoms with Crippen LogP contribution < -0.4 is 10.1 Å². The maximum Gasteiger partial charge on any atom is 0.238 e. The fraction of sp³-hybridized carbons (Fsp3) is 0.611. The Kier molecular flexibility index (Phi) is 5.51. The highest BCUT2D eigenvalue weighted by atomic mass is 16.5. The van der Waals surface area contributed by atoms with Crippen LogP contribution >= 0.6 is 0 Å². The van der Waals surface area contributed by atoms with E-state index < -0.39 is 0 Å². The van der Waals surface area contributed by atoms with E-state index >= 15 is 0 Å². The van der Waals surface area contributed by atoms with Crippen molar-refractivity contribution in [3.63, 3.8) is 0 Å². The zero-order valence-corrected chi connectivity index (χ0v) is 14.0. The van der Waals surface area contributed by atoms with E-state index in [-0.39, 0.29) is 5.91 Å². The van der Waals surface area contributed by atoms with Crippen molar-refractivity contribution in [3.8, 4) is 5.75 Å². The molecular weight excluding hydrogens is 290 g/mol. The zero-order chi connectivity index (χ0) is 16.1. The van der Waals surface area contributed by atoms with E-state index in [0.29, 0.717) is 6.54 Å². The first kappa shape index (κ1) is 16.3. The number of benzene rings is 1. The lowest BCUT2D eigenvalue weighted by Crippen LogP contribution is -2.51.